The molecule has 1 unspecified atom stereocenters. The van der Waals surface area contributed by atoms with Crippen LogP contribution < -0.4 is 0 Å². The molecule has 0 bridgehead atoms. The van der Waals surface area contributed by atoms with E-state index < -0.39 is 0 Å². The number of nitrogens with zero attached hydrogens (tertiary/aromatic N) is 3. The normalized spacial score (nSPS) is 15.7. The molecule has 0 N–H and O–H groups in total. The van der Waals surface area contributed by atoms with E-state index in [0.29, 0.717) is 6.42 Å². The van der Waals surface area contributed by atoms with Crippen LogP contribution in [0.1, 0.15) is 36.2 Å². The van der Waals surface area contributed by atoms with E-state index in [1.807, 2.05) is 37.3 Å². The van der Waals surface area contributed by atoms with Gasteiger partial charge in [-0.25, -0.2) is 9.40 Å². The summed E-state index contributed by atoms with van der Waals surface area (Å²) < 4.78 is 14.5. The van der Waals surface area contributed by atoms with Crippen LogP contribution in [-0.2, 0) is 4.79 Å². The van der Waals surface area contributed by atoms with E-state index in [-0.39, 0.29) is 17.8 Å². The van der Waals surface area contributed by atoms with Crippen molar-refractivity contribution in [2.45, 2.75) is 26.3 Å². The van der Waals surface area contributed by atoms with Gasteiger partial charge in [-0.05, 0) is 48.4 Å². The summed E-state index contributed by atoms with van der Waals surface area (Å²) in [5.74, 6) is -0.464. The van der Waals surface area contributed by atoms with Crippen molar-refractivity contribution < 1.29 is 9.18 Å². The number of hydrogen-bond acceptors (Lipinski definition) is 3. The van der Waals surface area contributed by atoms with Gasteiger partial charge in [-0.2, -0.15) is 5.10 Å². The number of rotatable bonds is 3. The molecule has 4 aromatic rings. The van der Waals surface area contributed by atoms with Crippen molar-refractivity contribution in [3.63, 3.8) is 0 Å². The second kappa shape index (κ2) is 8.52. The Balaban J connectivity index is 1.73. The molecule has 164 valence electrons. The lowest BCUT2D eigenvalue weighted by atomic mass is 9.89. The lowest BCUT2D eigenvalue weighted by molar-refractivity contribution is -0.130. The van der Waals surface area contributed by atoms with Crippen LogP contribution >= 0.6 is 15.9 Å². The standard InChI is InChI=1S/C27H21BrFN3O/c1-16-26(24-15-25(32(31-24)17(2)33)18-8-11-21(29)12-9-18)27(19-6-4-3-5-7-19)22-14-20(28)10-13-23(22)30-16/h3-14,25H,15H2,1-2H3. The number of aromatic nitrogens is 1. The maximum atomic E-state index is 13.5. The van der Waals surface area contributed by atoms with Gasteiger partial charge in [0.1, 0.15) is 5.82 Å². The molecule has 4 nitrogen and oxygen atoms in total. The first-order valence-corrected chi connectivity index (χ1v) is 11.5. The molecule has 3 aromatic carbocycles. The van der Waals surface area contributed by atoms with Crippen molar-refractivity contribution in [1.82, 2.24) is 9.99 Å². The number of carbonyl (C=O) groups is 1. The molecule has 1 amide bonds. The van der Waals surface area contributed by atoms with Crippen LogP contribution in [-0.4, -0.2) is 21.6 Å². The summed E-state index contributed by atoms with van der Waals surface area (Å²) in [6.07, 6.45) is 0.521. The number of fused-ring (bicyclic) bond motifs is 1. The number of pyridine rings is 1. The summed E-state index contributed by atoms with van der Waals surface area (Å²) in [7, 11) is 0. The van der Waals surface area contributed by atoms with Crippen LogP contribution in [0.25, 0.3) is 22.0 Å². The van der Waals surface area contributed by atoms with Crippen molar-refractivity contribution in [3.8, 4) is 11.1 Å². The second-order valence-corrected chi connectivity index (χ2v) is 9.07. The zero-order chi connectivity index (χ0) is 23.1. The van der Waals surface area contributed by atoms with Crippen LogP contribution in [0.15, 0.2) is 82.4 Å². The number of carbonyl (C=O) groups excluding carboxylic acids is 1. The minimum absolute atomic E-state index is 0.158. The average molecular weight is 502 g/mol. The Morgan fingerprint density at radius 1 is 1.03 bits per heavy atom. The quantitative estimate of drug-likeness (QED) is 0.309. The van der Waals surface area contributed by atoms with E-state index in [4.69, 9.17) is 10.1 Å². The smallest absolute Gasteiger partial charge is 0.240 e. The summed E-state index contributed by atoms with van der Waals surface area (Å²) in [6.45, 7) is 3.48. The number of benzene rings is 3. The third-order valence-corrected chi connectivity index (χ3v) is 6.46. The number of halogens is 2. The topological polar surface area (TPSA) is 45.6 Å². The lowest BCUT2D eigenvalue weighted by Gasteiger charge is -2.20. The van der Waals surface area contributed by atoms with Gasteiger partial charge in [-0.3, -0.25) is 9.78 Å². The Bertz CT molecular complexity index is 1400. The van der Waals surface area contributed by atoms with E-state index in [9.17, 15) is 9.18 Å². The van der Waals surface area contributed by atoms with Gasteiger partial charge in [-0.1, -0.05) is 58.4 Å². The maximum Gasteiger partial charge on any atom is 0.240 e. The highest BCUT2D eigenvalue weighted by molar-refractivity contribution is 9.10. The highest BCUT2D eigenvalue weighted by atomic mass is 79.9. The monoisotopic (exact) mass is 501 g/mol. The Hall–Kier alpha value is -3.38. The Morgan fingerprint density at radius 3 is 2.45 bits per heavy atom. The Morgan fingerprint density at radius 2 is 1.76 bits per heavy atom. The van der Waals surface area contributed by atoms with E-state index in [1.54, 1.807) is 12.1 Å². The van der Waals surface area contributed by atoms with E-state index in [0.717, 1.165) is 49.0 Å². The molecule has 0 fully saturated rings. The first-order chi connectivity index (χ1) is 15.9. The molecular formula is C27H21BrFN3O. The van der Waals surface area contributed by atoms with Gasteiger partial charge in [-0.15, -0.1) is 0 Å². The Labute approximate surface area is 199 Å². The van der Waals surface area contributed by atoms with Crippen LogP contribution in [0.3, 0.4) is 0 Å². The third kappa shape index (κ3) is 3.95. The molecule has 33 heavy (non-hydrogen) atoms. The van der Waals surface area contributed by atoms with Crippen molar-refractivity contribution in [3.05, 3.63) is 99.9 Å². The van der Waals surface area contributed by atoms with Gasteiger partial charge in [0.05, 0.1) is 17.3 Å². The predicted molar refractivity (Wildman–Crippen MR) is 132 cm³/mol. The molecule has 0 saturated heterocycles. The minimum Gasteiger partial charge on any atom is -0.273 e. The van der Waals surface area contributed by atoms with Gasteiger partial charge in [0.25, 0.3) is 0 Å². The molecular weight excluding hydrogens is 481 g/mol. The molecule has 0 aliphatic carbocycles. The fraction of sp³-hybridized carbons (Fsp3) is 0.148. The van der Waals surface area contributed by atoms with Gasteiger partial charge in [0.2, 0.25) is 5.91 Å². The van der Waals surface area contributed by atoms with Crippen molar-refractivity contribution >= 4 is 38.5 Å². The average Bonchev–Trinajstić information content (AvgIpc) is 3.25. The third-order valence-electron chi connectivity index (χ3n) is 5.97. The van der Waals surface area contributed by atoms with Crippen molar-refractivity contribution in [1.29, 1.82) is 0 Å². The molecule has 5 rings (SSSR count). The van der Waals surface area contributed by atoms with Crippen LogP contribution in [0, 0.1) is 12.7 Å². The molecule has 1 atom stereocenters. The summed E-state index contributed by atoms with van der Waals surface area (Å²) in [5, 5.41) is 7.28. The van der Waals surface area contributed by atoms with Gasteiger partial charge in [0, 0.05) is 40.0 Å². The van der Waals surface area contributed by atoms with E-state index in [2.05, 4.69) is 34.1 Å². The fourth-order valence-electron chi connectivity index (χ4n) is 4.51. The SMILES string of the molecule is CC(=O)N1N=C(c2c(C)nc3ccc(Br)cc3c2-c2ccccc2)CC1c1ccc(F)cc1. The number of aryl methyl sites for hydroxylation is 1. The Kier molecular flexibility index (Phi) is 5.54. The maximum absolute atomic E-state index is 13.5. The molecule has 1 aliphatic heterocycles. The summed E-state index contributed by atoms with van der Waals surface area (Å²) in [4.78, 5) is 17.4. The highest BCUT2D eigenvalue weighted by Gasteiger charge is 2.33. The molecule has 6 heteroatoms. The van der Waals surface area contributed by atoms with Crippen LogP contribution in [0.2, 0.25) is 0 Å². The molecule has 1 aromatic heterocycles. The number of hydrazone groups is 1. The highest BCUT2D eigenvalue weighted by Crippen LogP contribution is 2.39. The molecule has 0 radical (unpaired) electrons. The van der Waals surface area contributed by atoms with Gasteiger partial charge < -0.3 is 0 Å². The van der Waals surface area contributed by atoms with E-state index in [1.165, 1.54) is 24.1 Å². The zero-order valence-corrected chi connectivity index (χ0v) is 19.8. The van der Waals surface area contributed by atoms with Gasteiger partial charge >= 0.3 is 0 Å². The first-order valence-electron chi connectivity index (χ1n) is 10.7. The zero-order valence-electron chi connectivity index (χ0n) is 18.2. The lowest BCUT2D eigenvalue weighted by Crippen LogP contribution is -2.24. The van der Waals surface area contributed by atoms with Crippen molar-refractivity contribution in [2.75, 3.05) is 0 Å². The molecule has 2 heterocycles. The van der Waals surface area contributed by atoms with Crippen LogP contribution in [0.4, 0.5) is 4.39 Å². The first kappa shape index (κ1) is 21.5. The molecule has 0 saturated carbocycles. The predicted octanol–water partition coefficient (Wildman–Crippen LogP) is 6.81. The molecule has 1 aliphatic rings. The second-order valence-electron chi connectivity index (χ2n) is 8.16. The minimum atomic E-state index is -0.307. The largest absolute Gasteiger partial charge is 0.273 e. The number of amides is 1. The van der Waals surface area contributed by atoms with Crippen molar-refractivity contribution in [2.24, 2.45) is 5.10 Å². The van der Waals surface area contributed by atoms with E-state index >= 15 is 0 Å². The van der Waals surface area contributed by atoms with Crippen LogP contribution in [0.5, 0.6) is 0 Å². The number of hydrogen-bond donors (Lipinski definition) is 0. The van der Waals surface area contributed by atoms with Gasteiger partial charge in [0.15, 0.2) is 0 Å². The summed E-state index contributed by atoms with van der Waals surface area (Å²) >= 11 is 3.60. The summed E-state index contributed by atoms with van der Waals surface area (Å²) in [5.41, 5.74) is 6.43. The fourth-order valence-corrected chi connectivity index (χ4v) is 4.87. The summed E-state index contributed by atoms with van der Waals surface area (Å²) in [6, 6.07) is 22.2. The molecule has 0 spiro atoms.